The maximum absolute atomic E-state index is 6.01. The molecular weight excluding hydrogens is 324 g/mol. The number of ether oxygens (including phenoxy) is 1. The summed E-state index contributed by atoms with van der Waals surface area (Å²) >= 11 is 0. The molecule has 2 heterocycles. The lowest BCUT2D eigenvalue weighted by atomic mass is 9.51. The van der Waals surface area contributed by atoms with E-state index in [9.17, 15) is 0 Å². The fourth-order valence-electron chi connectivity index (χ4n) is 6.02. The first-order valence-corrected chi connectivity index (χ1v) is 11.1. The lowest BCUT2D eigenvalue weighted by Gasteiger charge is -2.61. The Morgan fingerprint density at radius 3 is 2.38 bits per heavy atom. The van der Waals surface area contributed by atoms with Crippen molar-refractivity contribution in [1.82, 2.24) is 15.5 Å². The van der Waals surface area contributed by atoms with Crippen molar-refractivity contribution in [2.45, 2.75) is 102 Å². The maximum Gasteiger partial charge on any atom is 0.191 e. The van der Waals surface area contributed by atoms with E-state index in [4.69, 9.17) is 9.73 Å². The third-order valence-corrected chi connectivity index (χ3v) is 7.75. The first-order chi connectivity index (χ1) is 12.7. The van der Waals surface area contributed by atoms with E-state index in [0.29, 0.717) is 23.6 Å². The van der Waals surface area contributed by atoms with Crippen LogP contribution in [-0.2, 0) is 4.74 Å². The summed E-state index contributed by atoms with van der Waals surface area (Å²) in [6.45, 7) is 5.93. The zero-order chi connectivity index (χ0) is 18.1. The number of guanidine groups is 1. The molecule has 1 spiro atoms. The monoisotopic (exact) mass is 362 g/mol. The highest BCUT2D eigenvalue weighted by Gasteiger charge is 2.59. The van der Waals surface area contributed by atoms with E-state index in [1.807, 2.05) is 0 Å². The Balaban J connectivity index is 1.36. The molecule has 0 amide bonds. The SMILES string of the molecule is CCN=C(NC1CC2CCCC(C1)N2C)NC1CC(OCC)C12CCC2. The van der Waals surface area contributed by atoms with Crippen molar-refractivity contribution in [3.8, 4) is 0 Å². The van der Waals surface area contributed by atoms with Gasteiger partial charge in [0.15, 0.2) is 5.96 Å². The standard InChI is InChI=1S/C21H38N4O/c1-4-22-20(23-15-12-16-8-6-9-17(13-15)25(16)3)24-18-14-19(26-5-2)21(18)10-7-11-21/h15-19H,4-14H2,1-3H3,(H2,22,23,24). The summed E-state index contributed by atoms with van der Waals surface area (Å²) in [7, 11) is 2.33. The Bertz CT molecular complexity index is 504. The van der Waals surface area contributed by atoms with Gasteiger partial charge in [0.05, 0.1) is 6.10 Å². The molecule has 4 aliphatic rings. The molecule has 2 saturated heterocycles. The molecule has 4 rings (SSSR count). The molecule has 4 fully saturated rings. The van der Waals surface area contributed by atoms with Gasteiger partial charge in [0.2, 0.25) is 0 Å². The second-order valence-electron chi connectivity index (χ2n) is 9.00. The molecule has 2 N–H and O–H groups in total. The summed E-state index contributed by atoms with van der Waals surface area (Å²) in [5.74, 6) is 1.05. The second-order valence-corrected chi connectivity index (χ2v) is 9.00. The predicted molar refractivity (Wildman–Crippen MR) is 107 cm³/mol. The molecular formula is C21H38N4O. The number of hydrogen-bond acceptors (Lipinski definition) is 3. The van der Waals surface area contributed by atoms with Gasteiger partial charge in [-0.2, -0.15) is 0 Å². The van der Waals surface area contributed by atoms with E-state index < -0.39 is 0 Å². The van der Waals surface area contributed by atoms with E-state index in [1.54, 1.807) is 0 Å². The van der Waals surface area contributed by atoms with Crippen LogP contribution in [-0.4, -0.2) is 61.3 Å². The smallest absolute Gasteiger partial charge is 0.191 e. The molecule has 5 nitrogen and oxygen atoms in total. The topological polar surface area (TPSA) is 48.9 Å². The molecule has 2 saturated carbocycles. The van der Waals surface area contributed by atoms with E-state index in [-0.39, 0.29) is 0 Å². The van der Waals surface area contributed by atoms with E-state index in [2.05, 4.69) is 36.4 Å². The summed E-state index contributed by atoms with van der Waals surface area (Å²) in [6, 6.07) is 2.62. The minimum Gasteiger partial charge on any atom is -0.378 e. The molecule has 148 valence electrons. The largest absolute Gasteiger partial charge is 0.378 e. The molecule has 2 bridgehead atoms. The van der Waals surface area contributed by atoms with Crippen molar-refractivity contribution in [2.75, 3.05) is 20.2 Å². The molecule has 0 aromatic heterocycles. The predicted octanol–water partition coefficient (Wildman–Crippen LogP) is 2.90. The van der Waals surface area contributed by atoms with Crippen LogP contribution in [0.2, 0.25) is 0 Å². The maximum atomic E-state index is 6.01. The van der Waals surface area contributed by atoms with Crippen molar-refractivity contribution in [1.29, 1.82) is 0 Å². The van der Waals surface area contributed by atoms with Gasteiger partial charge in [-0.3, -0.25) is 4.99 Å². The van der Waals surface area contributed by atoms with Crippen LogP contribution in [0.25, 0.3) is 0 Å². The van der Waals surface area contributed by atoms with Crippen molar-refractivity contribution in [3.05, 3.63) is 0 Å². The van der Waals surface area contributed by atoms with Gasteiger partial charge in [-0.25, -0.2) is 0 Å². The summed E-state index contributed by atoms with van der Waals surface area (Å²) in [6.07, 6.45) is 12.2. The lowest BCUT2D eigenvalue weighted by molar-refractivity contribution is -0.168. The number of rotatable bonds is 5. The number of nitrogens with zero attached hydrogens (tertiary/aromatic N) is 2. The Morgan fingerprint density at radius 1 is 1.08 bits per heavy atom. The Hall–Kier alpha value is -0.810. The molecule has 0 aromatic rings. The van der Waals surface area contributed by atoms with Gasteiger partial charge in [-0.1, -0.05) is 12.8 Å². The van der Waals surface area contributed by atoms with Crippen LogP contribution in [0.1, 0.15) is 71.6 Å². The zero-order valence-electron chi connectivity index (χ0n) is 17.0. The van der Waals surface area contributed by atoms with Crippen LogP contribution in [0, 0.1) is 5.41 Å². The second kappa shape index (κ2) is 7.67. The average Bonchev–Trinajstić information content (AvgIpc) is 2.53. The summed E-state index contributed by atoms with van der Waals surface area (Å²) in [5, 5.41) is 7.61. The molecule has 5 heteroatoms. The van der Waals surface area contributed by atoms with Gasteiger partial charge in [-0.05, 0) is 65.8 Å². The fraction of sp³-hybridized carbons (Fsp3) is 0.952. The van der Waals surface area contributed by atoms with Crippen molar-refractivity contribution in [3.63, 3.8) is 0 Å². The number of fused-ring (bicyclic) bond motifs is 2. The average molecular weight is 363 g/mol. The highest BCUT2D eigenvalue weighted by atomic mass is 16.5. The van der Waals surface area contributed by atoms with Gasteiger partial charge < -0.3 is 20.3 Å². The van der Waals surface area contributed by atoms with Crippen molar-refractivity contribution < 1.29 is 4.74 Å². The Morgan fingerprint density at radius 2 is 1.81 bits per heavy atom. The van der Waals surface area contributed by atoms with Crippen LogP contribution in [0.3, 0.4) is 0 Å². The van der Waals surface area contributed by atoms with E-state index in [0.717, 1.165) is 37.6 Å². The van der Waals surface area contributed by atoms with Gasteiger partial charge in [0.1, 0.15) is 0 Å². The highest BCUT2D eigenvalue weighted by Crippen LogP contribution is 2.57. The molecule has 4 unspecified atom stereocenters. The summed E-state index contributed by atoms with van der Waals surface area (Å²) in [4.78, 5) is 7.42. The van der Waals surface area contributed by atoms with Crippen LogP contribution in [0.4, 0.5) is 0 Å². The number of piperidine rings is 2. The van der Waals surface area contributed by atoms with Crippen LogP contribution in [0.5, 0.6) is 0 Å². The quantitative estimate of drug-likeness (QED) is 0.583. The lowest BCUT2D eigenvalue weighted by Crippen LogP contribution is -2.69. The molecule has 26 heavy (non-hydrogen) atoms. The third kappa shape index (κ3) is 3.26. The molecule has 4 atom stereocenters. The van der Waals surface area contributed by atoms with Crippen LogP contribution < -0.4 is 10.6 Å². The van der Waals surface area contributed by atoms with E-state index >= 15 is 0 Å². The minimum atomic E-state index is 0.384. The molecule has 2 aliphatic carbocycles. The Labute approximate surface area is 159 Å². The van der Waals surface area contributed by atoms with Crippen molar-refractivity contribution in [2.24, 2.45) is 10.4 Å². The highest BCUT2D eigenvalue weighted by molar-refractivity contribution is 5.80. The third-order valence-electron chi connectivity index (χ3n) is 7.75. The fourth-order valence-corrected chi connectivity index (χ4v) is 6.02. The normalized spacial score (nSPS) is 39.2. The van der Waals surface area contributed by atoms with Crippen LogP contribution in [0.15, 0.2) is 4.99 Å². The van der Waals surface area contributed by atoms with Gasteiger partial charge in [-0.15, -0.1) is 0 Å². The number of hydrogen-bond donors (Lipinski definition) is 2. The van der Waals surface area contributed by atoms with Gasteiger partial charge in [0.25, 0.3) is 0 Å². The Kier molecular flexibility index (Phi) is 5.47. The van der Waals surface area contributed by atoms with Crippen LogP contribution >= 0.6 is 0 Å². The van der Waals surface area contributed by atoms with Gasteiger partial charge in [0, 0.05) is 42.7 Å². The summed E-state index contributed by atoms with van der Waals surface area (Å²) in [5.41, 5.74) is 0.384. The molecule has 0 radical (unpaired) electrons. The zero-order valence-corrected chi connectivity index (χ0v) is 17.0. The minimum absolute atomic E-state index is 0.384. The summed E-state index contributed by atoms with van der Waals surface area (Å²) < 4.78 is 6.01. The first kappa shape index (κ1) is 18.5. The molecule has 2 aliphatic heterocycles. The van der Waals surface area contributed by atoms with Crippen molar-refractivity contribution >= 4 is 5.96 Å². The number of nitrogens with one attached hydrogen (secondary N) is 2. The van der Waals surface area contributed by atoms with Gasteiger partial charge >= 0.3 is 0 Å². The first-order valence-electron chi connectivity index (χ1n) is 11.1. The number of aliphatic imine (C=N–C) groups is 1. The van der Waals surface area contributed by atoms with E-state index in [1.165, 1.54) is 51.4 Å². The molecule has 0 aromatic carbocycles.